The maximum Gasteiger partial charge on any atom is 0.0850 e. The minimum absolute atomic E-state index is 0.160. The van der Waals surface area contributed by atoms with Crippen molar-refractivity contribution in [3.63, 3.8) is 0 Å². The van der Waals surface area contributed by atoms with Crippen molar-refractivity contribution in [2.45, 2.75) is 57.6 Å². The van der Waals surface area contributed by atoms with Gasteiger partial charge in [-0.2, -0.15) is 0 Å². The van der Waals surface area contributed by atoms with Crippen molar-refractivity contribution in [3.8, 4) is 0 Å². The summed E-state index contributed by atoms with van der Waals surface area (Å²) in [5.41, 5.74) is 5.92. The van der Waals surface area contributed by atoms with Gasteiger partial charge in [0, 0.05) is 19.1 Å². The molecule has 17 heavy (non-hydrogen) atoms. The topological polar surface area (TPSA) is 38.5 Å². The van der Waals surface area contributed by atoms with Gasteiger partial charge >= 0.3 is 0 Å². The summed E-state index contributed by atoms with van der Waals surface area (Å²) in [6.45, 7) is 6.28. The van der Waals surface area contributed by atoms with Gasteiger partial charge in [-0.25, -0.2) is 0 Å². The summed E-state index contributed by atoms with van der Waals surface area (Å²) < 4.78 is 5.69. The Labute approximate surface area is 106 Å². The summed E-state index contributed by atoms with van der Waals surface area (Å²) in [7, 11) is 0. The Balaban J connectivity index is 1.67. The number of rotatable bonds is 4. The minimum atomic E-state index is 0.160. The molecule has 1 saturated carbocycles. The lowest BCUT2D eigenvalue weighted by Gasteiger charge is -2.35. The van der Waals surface area contributed by atoms with E-state index >= 15 is 0 Å². The molecule has 0 amide bonds. The van der Waals surface area contributed by atoms with E-state index in [2.05, 4.69) is 11.8 Å². The number of morpholine rings is 1. The quantitative estimate of drug-likeness (QED) is 0.817. The Hall–Kier alpha value is -0.120. The first-order valence-corrected chi connectivity index (χ1v) is 7.35. The van der Waals surface area contributed by atoms with Gasteiger partial charge in [0.2, 0.25) is 0 Å². The molecule has 2 unspecified atom stereocenters. The van der Waals surface area contributed by atoms with Crippen molar-refractivity contribution in [2.24, 2.45) is 11.7 Å². The van der Waals surface area contributed by atoms with Gasteiger partial charge in [0.25, 0.3) is 0 Å². The average molecular weight is 240 g/mol. The van der Waals surface area contributed by atoms with E-state index in [1.165, 1.54) is 45.1 Å². The monoisotopic (exact) mass is 240 g/mol. The number of nitrogens with zero attached hydrogens (tertiary/aromatic N) is 1. The first-order chi connectivity index (χ1) is 8.25. The smallest absolute Gasteiger partial charge is 0.0850 e. The van der Waals surface area contributed by atoms with E-state index in [4.69, 9.17) is 10.5 Å². The van der Waals surface area contributed by atoms with E-state index in [-0.39, 0.29) is 12.1 Å². The van der Waals surface area contributed by atoms with Gasteiger partial charge in [0.1, 0.15) is 0 Å². The molecule has 2 fully saturated rings. The van der Waals surface area contributed by atoms with Crippen LogP contribution in [-0.2, 0) is 4.74 Å². The van der Waals surface area contributed by atoms with E-state index in [0.29, 0.717) is 0 Å². The van der Waals surface area contributed by atoms with Crippen LogP contribution in [0.4, 0.5) is 0 Å². The molecule has 1 aliphatic carbocycles. The Morgan fingerprint density at radius 2 is 2.06 bits per heavy atom. The molecule has 1 heterocycles. The molecule has 2 rings (SSSR count). The van der Waals surface area contributed by atoms with Crippen LogP contribution in [0.15, 0.2) is 0 Å². The highest BCUT2D eigenvalue weighted by Crippen LogP contribution is 2.26. The Kier molecular flexibility index (Phi) is 5.26. The lowest BCUT2D eigenvalue weighted by Crippen LogP contribution is -2.49. The molecule has 3 heteroatoms. The highest BCUT2D eigenvalue weighted by atomic mass is 16.5. The van der Waals surface area contributed by atoms with Crippen LogP contribution >= 0.6 is 0 Å². The Bertz CT molecular complexity index is 214. The maximum atomic E-state index is 5.92. The number of hydrogen-bond acceptors (Lipinski definition) is 3. The van der Waals surface area contributed by atoms with Crippen molar-refractivity contribution < 1.29 is 4.74 Å². The zero-order chi connectivity index (χ0) is 12.1. The van der Waals surface area contributed by atoms with Crippen LogP contribution in [0.25, 0.3) is 0 Å². The maximum absolute atomic E-state index is 5.92. The van der Waals surface area contributed by atoms with Gasteiger partial charge < -0.3 is 10.5 Å². The summed E-state index contributed by atoms with van der Waals surface area (Å²) in [5.74, 6) is 0.986. The largest absolute Gasteiger partial charge is 0.374 e. The Morgan fingerprint density at radius 3 is 2.76 bits per heavy atom. The lowest BCUT2D eigenvalue weighted by molar-refractivity contribution is -0.0391. The molecule has 1 aliphatic heterocycles. The van der Waals surface area contributed by atoms with Crippen LogP contribution in [-0.4, -0.2) is 43.3 Å². The highest BCUT2D eigenvalue weighted by Gasteiger charge is 2.24. The van der Waals surface area contributed by atoms with Crippen LogP contribution in [0, 0.1) is 5.92 Å². The third kappa shape index (κ3) is 4.23. The van der Waals surface area contributed by atoms with Crippen LogP contribution in [0.2, 0.25) is 0 Å². The molecule has 0 bridgehead atoms. The summed E-state index contributed by atoms with van der Waals surface area (Å²) in [4.78, 5) is 2.55. The van der Waals surface area contributed by atoms with Gasteiger partial charge in [0.15, 0.2) is 0 Å². The summed E-state index contributed by atoms with van der Waals surface area (Å²) in [5, 5.41) is 0. The molecule has 1 saturated heterocycles. The van der Waals surface area contributed by atoms with Crippen LogP contribution in [0.3, 0.4) is 0 Å². The fraction of sp³-hybridized carbons (Fsp3) is 1.00. The lowest BCUT2D eigenvalue weighted by atomic mass is 9.87. The van der Waals surface area contributed by atoms with E-state index in [0.717, 1.165) is 25.6 Å². The fourth-order valence-electron chi connectivity index (χ4n) is 3.09. The van der Waals surface area contributed by atoms with Crippen LogP contribution in [0.5, 0.6) is 0 Å². The molecule has 0 radical (unpaired) electrons. The zero-order valence-corrected chi connectivity index (χ0v) is 11.2. The third-order valence-electron chi connectivity index (χ3n) is 4.34. The molecule has 0 spiro atoms. The second kappa shape index (κ2) is 6.72. The minimum Gasteiger partial charge on any atom is -0.374 e. The second-order valence-corrected chi connectivity index (χ2v) is 5.86. The van der Waals surface area contributed by atoms with Crippen molar-refractivity contribution in [3.05, 3.63) is 0 Å². The normalized spacial score (nSPS) is 30.4. The third-order valence-corrected chi connectivity index (χ3v) is 4.34. The molecular formula is C14H28N2O. The first kappa shape index (κ1) is 13.3. The molecule has 2 aliphatic rings. The zero-order valence-electron chi connectivity index (χ0n) is 11.2. The average Bonchev–Trinajstić information content (AvgIpc) is 2.38. The standard InChI is InChI=1S/C14H28N2O/c1-12(15)14-11-16(9-10-17-14)8-7-13-5-3-2-4-6-13/h12-14H,2-11,15H2,1H3. The highest BCUT2D eigenvalue weighted by molar-refractivity contribution is 4.78. The summed E-state index contributed by atoms with van der Waals surface area (Å²) >= 11 is 0. The predicted molar refractivity (Wildman–Crippen MR) is 71.0 cm³/mol. The van der Waals surface area contributed by atoms with Crippen molar-refractivity contribution in [1.29, 1.82) is 0 Å². The van der Waals surface area contributed by atoms with Crippen molar-refractivity contribution >= 4 is 0 Å². The molecule has 2 atom stereocenters. The van der Waals surface area contributed by atoms with E-state index in [9.17, 15) is 0 Å². The number of hydrogen-bond donors (Lipinski definition) is 1. The second-order valence-electron chi connectivity index (χ2n) is 5.86. The van der Waals surface area contributed by atoms with Gasteiger partial charge in [-0.15, -0.1) is 0 Å². The summed E-state index contributed by atoms with van der Waals surface area (Å²) in [6.07, 6.45) is 8.91. The number of nitrogens with two attached hydrogens (primary N) is 1. The summed E-state index contributed by atoms with van der Waals surface area (Å²) in [6, 6.07) is 0.160. The number of ether oxygens (including phenoxy) is 1. The van der Waals surface area contributed by atoms with Crippen molar-refractivity contribution in [2.75, 3.05) is 26.2 Å². The fourth-order valence-corrected chi connectivity index (χ4v) is 3.09. The van der Waals surface area contributed by atoms with Crippen LogP contribution in [0.1, 0.15) is 45.4 Å². The molecule has 100 valence electrons. The molecule has 0 aromatic rings. The molecule has 0 aromatic carbocycles. The molecular weight excluding hydrogens is 212 g/mol. The predicted octanol–water partition coefficient (Wildman–Crippen LogP) is 2.00. The van der Waals surface area contributed by atoms with E-state index in [1.54, 1.807) is 0 Å². The first-order valence-electron chi connectivity index (χ1n) is 7.35. The Morgan fingerprint density at radius 1 is 1.29 bits per heavy atom. The van der Waals surface area contributed by atoms with Gasteiger partial charge in [0.05, 0.1) is 12.7 Å². The van der Waals surface area contributed by atoms with Gasteiger partial charge in [-0.3, -0.25) is 4.90 Å². The van der Waals surface area contributed by atoms with E-state index < -0.39 is 0 Å². The molecule has 3 nitrogen and oxygen atoms in total. The van der Waals surface area contributed by atoms with Gasteiger partial charge in [-0.1, -0.05) is 32.1 Å². The molecule has 2 N–H and O–H groups in total. The van der Waals surface area contributed by atoms with Gasteiger partial charge in [-0.05, 0) is 25.8 Å². The van der Waals surface area contributed by atoms with Crippen LogP contribution < -0.4 is 5.73 Å². The van der Waals surface area contributed by atoms with Crippen molar-refractivity contribution in [1.82, 2.24) is 4.90 Å². The van der Waals surface area contributed by atoms with E-state index in [1.807, 2.05) is 0 Å². The SMILES string of the molecule is CC(N)C1CN(CCC2CCCCC2)CCO1. The molecule has 0 aromatic heterocycles.